The van der Waals surface area contributed by atoms with Gasteiger partial charge in [-0.15, -0.1) is 11.3 Å². The normalized spacial score (nSPS) is 11.7. The van der Waals surface area contributed by atoms with Gasteiger partial charge in [0.2, 0.25) is 0 Å². The molecule has 13 heteroatoms. The van der Waals surface area contributed by atoms with Crippen LogP contribution in [0.15, 0.2) is 54.7 Å². The van der Waals surface area contributed by atoms with Crippen molar-refractivity contribution in [3.63, 3.8) is 0 Å². The third-order valence-corrected chi connectivity index (χ3v) is 6.91. The Hall–Kier alpha value is -4.52. The Kier molecular flexibility index (Phi) is 6.23. The number of carbonyl (C=O) groups is 2. The molecule has 1 aromatic carbocycles. The highest BCUT2D eigenvalue weighted by Crippen LogP contribution is 2.34. The molecule has 0 aliphatic heterocycles. The van der Waals surface area contributed by atoms with E-state index in [0.717, 1.165) is 22.1 Å². The first-order chi connectivity index (χ1) is 18.1. The molecule has 0 atom stereocenters. The van der Waals surface area contributed by atoms with Crippen molar-refractivity contribution in [2.75, 3.05) is 5.32 Å². The number of nitrogens with zero attached hydrogens (tertiary/aromatic N) is 5. The average molecular weight is 541 g/mol. The summed E-state index contributed by atoms with van der Waals surface area (Å²) in [5.41, 5.74) is 1.63. The van der Waals surface area contributed by atoms with Crippen LogP contribution in [0.4, 0.5) is 18.9 Å². The molecule has 4 aromatic heterocycles. The number of nitrogens with one attached hydrogen (secondary N) is 1. The zero-order chi connectivity index (χ0) is 27.2. The lowest BCUT2D eigenvalue weighted by atomic mass is 10.1. The number of benzene rings is 1. The Bertz CT molecular complexity index is 1700. The van der Waals surface area contributed by atoms with Gasteiger partial charge in [0.25, 0.3) is 5.91 Å². The minimum absolute atomic E-state index is 0.0445. The molecule has 194 valence electrons. The number of amides is 1. The Morgan fingerprint density at radius 3 is 2.55 bits per heavy atom. The van der Waals surface area contributed by atoms with E-state index in [1.165, 1.54) is 23.8 Å². The Morgan fingerprint density at radius 2 is 1.87 bits per heavy atom. The van der Waals surface area contributed by atoms with E-state index in [9.17, 15) is 27.9 Å². The Balaban J connectivity index is 1.42. The van der Waals surface area contributed by atoms with Crippen LogP contribution in [-0.2, 0) is 19.6 Å². The van der Waals surface area contributed by atoms with E-state index in [-0.39, 0.29) is 16.9 Å². The van der Waals surface area contributed by atoms with E-state index >= 15 is 0 Å². The van der Waals surface area contributed by atoms with Crippen LogP contribution in [0, 0.1) is 0 Å². The number of fused-ring (bicyclic) bond motifs is 1. The minimum atomic E-state index is -4.57. The van der Waals surface area contributed by atoms with Gasteiger partial charge < -0.3 is 10.4 Å². The van der Waals surface area contributed by atoms with E-state index in [4.69, 9.17) is 0 Å². The second-order valence-electron chi connectivity index (χ2n) is 8.28. The molecule has 5 rings (SSSR count). The van der Waals surface area contributed by atoms with Crippen LogP contribution >= 0.6 is 11.3 Å². The summed E-state index contributed by atoms with van der Waals surface area (Å²) in [5, 5.41) is 20.4. The molecular formula is C25H19F3N6O3S. The van der Waals surface area contributed by atoms with Crippen molar-refractivity contribution in [2.45, 2.75) is 19.5 Å². The predicted octanol–water partition coefficient (Wildman–Crippen LogP) is 5.39. The zero-order valence-electron chi connectivity index (χ0n) is 19.9. The number of rotatable bonds is 6. The van der Waals surface area contributed by atoms with E-state index in [0.29, 0.717) is 38.8 Å². The molecule has 38 heavy (non-hydrogen) atoms. The monoisotopic (exact) mass is 540 g/mol. The van der Waals surface area contributed by atoms with E-state index in [1.807, 2.05) is 6.92 Å². The molecule has 0 aliphatic rings. The summed E-state index contributed by atoms with van der Waals surface area (Å²) in [7, 11) is 1.41. The van der Waals surface area contributed by atoms with Gasteiger partial charge in [0, 0.05) is 24.5 Å². The van der Waals surface area contributed by atoms with Gasteiger partial charge >= 0.3 is 12.1 Å². The first-order valence-corrected chi connectivity index (χ1v) is 12.1. The molecule has 0 aliphatic carbocycles. The van der Waals surface area contributed by atoms with Gasteiger partial charge in [-0.05, 0) is 42.8 Å². The average Bonchev–Trinajstić information content (AvgIpc) is 3.59. The molecule has 0 spiro atoms. The zero-order valence-corrected chi connectivity index (χ0v) is 20.8. The van der Waals surface area contributed by atoms with Gasteiger partial charge in [-0.25, -0.2) is 14.3 Å². The second kappa shape index (κ2) is 9.41. The predicted molar refractivity (Wildman–Crippen MR) is 134 cm³/mol. The highest BCUT2D eigenvalue weighted by atomic mass is 32.1. The summed E-state index contributed by atoms with van der Waals surface area (Å²) in [5.74, 6) is -1.55. The first-order valence-electron chi connectivity index (χ1n) is 11.3. The van der Waals surface area contributed by atoms with Crippen LogP contribution < -0.4 is 5.32 Å². The standard InChI is InChI=1S/C25H19F3N6O3S/c1-3-15-21(24(36)37)22-29-10-9-16(34(22)31-15)13-5-4-6-14(11-13)30-23(35)19-8-7-18(38-19)17-12-20(25(26,27)28)32-33(17)2/h4-12H,3H2,1-2H3,(H,30,35)(H,36,37). The topological polar surface area (TPSA) is 114 Å². The van der Waals surface area contributed by atoms with Crippen molar-refractivity contribution in [1.29, 1.82) is 0 Å². The van der Waals surface area contributed by atoms with Crippen molar-refractivity contribution in [2.24, 2.45) is 7.05 Å². The number of halogens is 3. The number of aromatic carboxylic acids is 1. The van der Waals surface area contributed by atoms with Crippen LogP contribution in [0.25, 0.3) is 27.5 Å². The second-order valence-corrected chi connectivity index (χ2v) is 9.36. The lowest BCUT2D eigenvalue weighted by Crippen LogP contribution is -2.10. The number of aryl methyl sites for hydroxylation is 2. The molecular weight excluding hydrogens is 521 g/mol. The SMILES string of the molecule is CCc1nn2c(-c3cccc(NC(=O)c4ccc(-c5cc(C(F)(F)F)nn5C)s4)c3)ccnc2c1C(=O)O. The quantitative estimate of drug-likeness (QED) is 0.299. The van der Waals surface area contributed by atoms with Crippen LogP contribution in [0.3, 0.4) is 0 Å². The maximum atomic E-state index is 13.0. The van der Waals surface area contributed by atoms with Gasteiger partial charge in [0.15, 0.2) is 11.3 Å². The Morgan fingerprint density at radius 1 is 1.08 bits per heavy atom. The maximum absolute atomic E-state index is 13.0. The molecule has 1 amide bonds. The van der Waals surface area contributed by atoms with Crippen molar-refractivity contribution < 1.29 is 27.9 Å². The van der Waals surface area contributed by atoms with Crippen LogP contribution in [0.1, 0.15) is 38.3 Å². The largest absolute Gasteiger partial charge is 0.477 e. The third kappa shape index (κ3) is 4.52. The number of anilines is 1. The first kappa shape index (κ1) is 25.1. The van der Waals surface area contributed by atoms with Crippen LogP contribution in [0.2, 0.25) is 0 Å². The van der Waals surface area contributed by atoms with Gasteiger partial charge in [-0.3, -0.25) is 9.48 Å². The lowest BCUT2D eigenvalue weighted by Gasteiger charge is -2.08. The van der Waals surface area contributed by atoms with Crippen molar-refractivity contribution in [3.8, 4) is 21.8 Å². The summed E-state index contributed by atoms with van der Waals surface area (Å²) >= 11 is 1.05. The highest BCUT2D eigenvalue weighted by molar-refractivity contribution is 7.17. The molecule has 0 saturated heterocycles. The summed E-state index contributed by atoms with van der Waals surface area (Å²) in [6, 6.07) is 12.7. The van der Waals surface area contributed by atoms with Gasteiger partial charge in [-0.1, -0.05) is 19.1 Å². The van der Waals surface area contributed by atoms with Crippen LogP contribution in [-0.4, -0.2) is 41.4 Å². The molecule has 0 radical (unpaired) electrons. The molecule has 5 aromatic rings. The number of thiophene rings is 1. The van der Waals surface area contributed by atoms with E-state index < -0.39 is 23.7 Å². The molecule has 0 fully saturated rings. The van der Waals surface area contributed by atoms with E-state index in [1.54, 1.807) is 36.4 Å². The minimum Gasteiger partial charge on any atom is -0.477 e. The summed E-state index contributed by atoms with van der Waals surface area (Å²) in [4.78, 5) is 29.7. The van der Waals surface area contributed by atoms with Crippen molar-refractivity contribution >= 4 is 34.5 Å². The Labute approximate surface area is 217 Å². The number of carboxylic acids is 1. The van der Waals surface area contributed by atoms with Crippen LogP contribution in [0.5, 0.6) is 0 Å². The number of hydrogen-bond acceptors (Lipinski definition) is 6. The third-order valence-electron chi connectivity index (χ3n) is 5.81. The molecule has 0 bridgehead atoms. The highest BCUT2D eigenvalue weighted by Gasteiger charge is 2.35. The van der Waals surface area contributed by atoms with Crippen molar-refractivity contribution in [1.82, 2.24) is 24.4 Å². The summed E-state index contributed by atoms with van der Waals surface area (Å²) < 4.78 is 41.7. The number of alkyl halides is 3. The van der Waals surface area contributed by atoms with Gasteiger partial charge in [0.05, 0.1) is 26.8 Å². The smallest absolute Gasteiger partial charge is 0.435 e. The van der Waals surface area contributed by atoms with E-state index in [2.05, 4.69) is 20.5 Å². The van der Waals surface area contributed by atoms with Gasteiger partial charge in [-0.2, -0.15) is 23.4 Å². The molecule has 0 saturated carbocycles. The number of carbonyl (C=O) groups excluding carboxylic acids is 1. The number of hydrogen-bond donors (Lipinski definition) is 2. The molecule has 0 unspecified atom stereocenters. The fourth-order valence-corrected chi connectivity index (χ4v) is 5.01. The number of aromatic nitrogens is 5. The fourth-order valence-electron chi connectivity index (χ4n) is 4.06. The fraction of sp³-hybridized carbons (Fsp3) is 0.160. The van der Waals surface area contributed by atoms with Crippen molar-refractivity contribution in [3.05, 3.63) is 76.6 Å². The number of carboxylic acid groups (broad SMARTS) is 1. The summed E-state index contributed by atoms with van der Waals surface area (Å²) in [6.07, 6.45) is -2.65. The summed E-state index contributed by atoms with van der Waals surface area (Å²) in [6.45, 7) is 1.81. The molecule has 4 heterocycles. The lowest BCUT2D eigenvalue weighted by molar-refractivity contribution is -0.141. The molecule has 9 nitrogen and oxygen atoms in total. The molecule has 2 N–H and O–H groups in total. The van der Waals surface area contributed by atoms with Gasteiger partial charge in [0.1, 0.15) is 5.56 Å². The maximum Gasteiger partial charge on any atom is 0.435 e.